The summed E-state index contributed by atoms with van der Waals surface area (Å²) in [7, 11) is 2.01. The molecule has 4 heterocycles. The van der Waals surface area contributed by atoms with E-state index in [9.17, 15) is 9.18 Å². The number of carbonyl (C=O) groups excluding carboxylic acids is 1. The molecule has 3 aromatic heterocycles. The van der Waals surface area contributed by atoms with Crippen LogP contribution < -0.4 is 15.5 Å². The third-order valence-corrected chi connectivity index (χ3v) is 7.47. The number of piperidine rings is 1. The van der Waals surface area contributed by atoms with Gasteiger partial charge in [-0.1, -0.05) is 0 Å². The number of anilines is 2. The van der Waals surface area contributed by atoms with Gasteiger partial charge in [0, 0.05) is 61.4 Å². The molecule has 202 valence electrons. The number of benzene rings is 1. The Morgan fingerprint density at radius 3 is 2.53 bits per heavy atom. The highest BCUT2D eigenvalue weighted by Gasteiger charge is 2.23. The Morgan fingerprint density at radius 1 is 1.16 bits per heavy atom. The third-order valence-electron chi connectivity index (χ3n) is 7.47. The number of imidazole rings is 1. The molecule has 2 fully saturated rings. The van der Waals surface area contributed by atoms with Gasteiger partial charge in [0.15, 0.2) is 11.5 Å². The van der Waals surface area contributed by atoms with E-state index in [0.717, 1.165) is 49.8 Å². The first-order valence-corrected chi connectivity index (χ1v) is 13.4. The van der Waals surface area contributed by atoms with Crippen LogP contribution in [0, 0.1) is 12.7 Å². The molecule has 4 aromatic rings. The highest BCUT2D eigenvalue weighted by molar-refractivity contribution is 6.13. The van der Waals surface area contributed by atoms with Gasteiger partial charge in [-0.25, -0.2) is 9.37 Å². The molecule has 1 amide bonds. The smallest absolute Gasteiger partial charge is 0.257 e. The van der Waals surface area contributed by atoms with Crippen molar-refractivity contribution in [2.45, 2.75) is 64.6 Å². The van der Waals surface area contributed by atoms with Crippen LogP contribution in [0.3, 0.4) is 0 Å². The van der Waals surface area contributed by atoms with Crippen LogP contribution in [0.1, 0.15) is 55.1 Å². The fourth-order valence-corrected chi connectivity index (χ4v) is 5.00. The first-order chi connectivity index (χ1) is 18.4. The molecule has 1 saturated carbocycles. The van der Waals surface area contributed by atoms with Crippen molar-refractivity contribution >= 4 is 33.8 Å². The quantitative estimate of drug-likeness (QED) is 0.365. The molecule has 0 bridgehead atoms. The van der Waals surface area contributed by atoms with Crippen molar-refractivity contribution in [1.82, 2.24) is 24.5 Å². The van der Waals surface area contributed by atoms with Gasteiger partial charge in [0.05, 0.1) is 23.0 Å². The summed E-state index contributed by atoms with van der Waals surface area (Å²) in [6.45, 7) is 6.43. The normalized spacial score (nSPS) is 16.4. The summed E-state index contributed by atoms with van der Waals surface area (Å²) in [5.74, 6) is -0.806. The van der Waals surface area contributed by atoms with Crippen molar-refractivity contribution in [2.75, 3.05) is 30.4 Å². The number of amides is 1. The second-order valence-corrected chi connectivity index (χ2v) is 10.2. The molecular weight excluding hydrogens is 485 g/mol. The topological polar surface area (TPSA) is 99.7 Å². The molecule has 0 atom stereocenters. The Bertz CT molecular complexity index is 1430. The van der Waals surface area contributed by atoms with E-state index in [1.807, 2.05) is 37.0 Å². The molecular formula is C28H36FN7O2. The number of aliphatic hydroxyl groups is 1. The molecule has 6 rings (SSSR count). The van der Waals surface area contributed by atoms with E-state index in [2.05, 4.69) is 25.6 Å². The van der Waals surface area contributed by atoms with Crippen LogP contribution in [-0.2, 0) is 6.54 Å². The van der Waals surface area contributed by atoms with E-state index in [1.54, 1.807) is 23.7 Å². The van der Waals surface area contributed by atoms with Gasteiger partial charge in [-0.05, 0) is 65.1 Å². The third kappa shape index (κ3) is 5.37. The van der Waals surface area contributed by atoms with Crippen LogP contribution >= 0.6 is 0 Å². The molecule has 1 aliphatic carbocycles. The Morgan fingerprint density at radius 2 is 1.89 bits per heavy atom. The number of rotatable bonds is 5. The molecule has 3 N–H and O–H groups in total. The lowest BCUT2D eigenvalue weighted by atomic mass is 9.97. The molecule has 1 aromatic carbocycles. The lowest BCUT2D eigenvalue weighted by molar-refractivity contribution is 0.0949. The van der Waals surface area contributed by atoms with Crippen LogP contribution in [0.25, 0.3) is 16.6 Å². The van der Waals surface area contributed by atoms with Gasteiger partial charge in [-0.3, -0.25) is 9.48 Å². The predicted molar refractivity (Wildman–Crippen MR) is 147 cm³/mol. The number of hydrogen-bond acceptors (Lipinski definition) is 6. The SMILES string of the molecule is CCn1cc2c(N3CCC(NC)CC3)ccc(C(=O)Nc3cc(F)c4nc(C)cn4c3)c2n1.OC1CCC1. The highest BCUT2D eigenvalue weighted by Crippen LogP contribution is 2.31. The molecule has 2 aliphatic rings. The zero-order valence-electron chi connectivity index (χ0n) is 22.2. The maximum absolute atomic E-state index is 14.5. The maximum Gasteiger partial charge on any atom is 0.257 e. The number of pyridine rings is 1. The first kappa shape index (κ1) is 26.1. The Balaban J connectivity index is 0.000000529. The van der Waals surface area contributed by atoms with Crippen LogP contribution in [0.5, 0.6) is 0 Å². The molecule has 1 aliphatic heterocycles. The Hall–Kier alpha value is -3.50. The van der Waals surface area contributed by atoms with E-state index in [4.69, 9.17) is 5.11 Å². The van der Waals surface area contributed by atoms with Gasteiger partial charge in [-0.15, -0.1) is 0 Å². The Labute approximate surface area is 221 Å². The van der Waals surface area contributed by atoms with Crippen LogP contribution in [-0.4, -0.2) is 62.5 Å². The summed E-state index contributed by atoms with van der Waals surface area (Å²) >= 11 is 0. The van der Waals surface area contributed by atoms with Gasteiger partial charge in [0.2, 0.25) is 0 Å². The average molecular weight is 522 g/mol. The van der Waals surface area contributed by atoms with E-state index >= 15 is 0 Å². The second-order valence-electron chi connectivity index (χ2n) is 10.2. The van der Waals surface area contributed by atoms with Crippen LogP contribution in [0.2, 0.25) is 0 Å². The summed E-state index contributed by atoms with van der Waals surface area (Å²) < 4.78 is 17.9. The average Bonchev–Trinajstić information content (AvgIpc) is 3.50. The lowest BCUT2D eigenvalue weighted by Crippen LogP contribution is -2.41. The minimum atomic E-state index is -0.485. The molecule has 0 unspecified atom stereocenters. The van der Waals surface area contributed by atoms with E-state index < -0.39 is 5.82 Å². The van der Waals surface area contributed by atoms with Crippen LogP contribution in [0.4, 0.5) is 15.8 Å². The molecule has 9 nitrogen and oxygen atoms in total. The van der Waals surface area contributed by atoms with Gasteiger partial charge in [-0.2, -0.15) is 5.10 Å². The molecule has 0 radical (unpaired) electrons. The number of carbonyl (C=O) groups is 1. The minimum Gasteiger partial charge on any atom is -0.393 e. The van der Waals surface area contributed by atoms with Crippen LogP contribution in [0.15, 0.2) is 36.8 Å². The van der Waals surface area contributed by atoms with Crippen molar-refractivity contribution in [1.29, 1.82) is 0 Å². The largest absolute Gasteiger partial charge is 0.393 e. The number of fused-ring (bicyclic) bond motifs is 2. The Kier molecular flexibility index (Phi) is 7.62. The second kappa shape index (κ2) is 11.1. The summed E-state index contributed by atoms with van der Waals surface area (Å²) in [5, 5.41) is 20.3. The van der Waals surface area contributed by atoms with Crippen molar-refractivity contribution in [3.63, 3.8) is 0 Å². The fourth-order valence-electron chi connectivity index (χ4n) is 5.00. The van der Waals surface area contributed by atoms with Crippen molar-refractivity contribution in [3.05, 3.63) is 53.9 Å². The summed E-state index contributed by atoms with van der Waals surface area (Å²) in [6, 6.07) is 5.65. The fraction of sp³-hybridized carbons (Fsp3) is 0.464. The molecule has 38 heavy (non-hydrogen) atoms. The number of aryl methyl sites for hydroxylation is 2. The van der Waals surface area contributed by atoms with Gasteiger partial charge in [0.25, 0.3) is 5.91 Å². The summed E-state index contributed by atoms with van der Waals surface area (Å²) in [4.78, 5) is 19.7. The van der Waals surface area contributed by atoms with Crippen molar-refractivity contribution < 1.29 is 14.3 Å². The highest BCUT2D eigenvalue weighted by atomic mass is 19.1. The standard InChI is InChI=1S/C24H28FN7O.C4H8O/c1-4-32-14-19-21(30-9-7-16(26-3)8-10-30)6-5-18(22(19)29-32)24(33)28-17-11-20(25)23-27-15(2)12-31(23)13-17;5-4-2-1-3-4/h5-6,11-14,16,26H,4,7-10H2,1-3H3,(H,28,33);4-5H,1-3H2. The lowest BCUT2D eigenvalue weighted by Gasteiger charge is -2.33. The molecule has 1 saturated heterocycles. The summed E-state index contributed by atoms with van der Waals surface area (Å²) in [5.41, 5.74) is 3.52. The number of nitrogens with zero attached hydrogens (tertiary/aromatic N) is 5. The zero-order chi connectivity index (χ0) is 26.8. The maximum atomic E-state index is 14.5. The van der Waals surface area contributed by atoms with Gasteiger partial charge < -0.3 is 25.0 Å². The van der Waals surface area contributed by atoms with Gasteiger partial charge in [0.1, 0.15) is 5.52 Å². The van der Waals surface area contributed by atoms with Crippen molar-refractivity contribution in [3.8, 4) is 0 Å². The predicted octanol–water partition coefficient (Wildman–Crippen LogP) is 4.12. The monoisotopic (exact) mass is 521 g/mol. The number of aliphatic hydroxyl groups excluding tert-OH is 1. The van der Waals surface area contributed by atoms with E-state index in [0.29, 0.717) is 35.0 Å². The zero-order valence-corrected chi connectivity index (χ0v) is 22.2. The van der Waals surface area contributed by atoms with E-state index in [-0.39, 0.29) is 17.7 Å². The molecule has 10 heteroatoms. The van der Waals surface area contributed by atoms with Gasteiger partial charge >= 0.3 is 0 Å². The minimum absolute atomic E-state index is 0.0648. The molecule has 0 spiro atoms. The van der Waals surface area contributed by atoms with Crippen molar-refractivity contribution in [2.24, 2.45) is 0 Å². The number of aromatic nitrogens is 4. The number of hydrogen-bond donors (Lipinski definition) is 3. The summed E-state index contributed by atoms with van der Waals surface area (Å²) in [6.07, 6.45) is 10.9. The van der Waals surface area contributed by atoms with E-state index in [1.165, 1.54) is 12.5 Å². The number of halogens is 1. The first-order valence-electron chi connectivity index (χ1n) is 13.4. The number of nitrogens with one attached hydrogen (secondary N) is 2.